The summed E-state index contributed by atoms with van der Waals surface area (Å²) in [5.74, 6) is -0.905. The van der Waals surface area contributed by atoms with Gasteiger partial charge in [0.1, 0.15) is 11.3 Å². The van der Waals surface area contributed by atoms with Crippen LogP contribution in [0.4, 0.5) is 16.2 Å². The largest absolute Gasteiger partial charge is 0.450 e. The standard InChI is InChI=1S/C16H9Cl2N3O5/c17-7-1-3-9(11(18)5-7)14(22)15-13(20-16(19)23)10-4-2-8(21(24)25)6-12(10)26-15/h1-6H,(H3,19,20,23). The molecule has 1 heterocycles. The summed E-state index contributed by atoms with van der Waals surface area (Å²) >= 11 is 11.9. The Morgan fingerprint density at radius 2 is 1.88 bits per heavy atom. The smallest absolute Gasteiger partial charge is 0.316 e. The number of non-ortho nitro benzene ring substituents is 1. The number of nitrogens with two attached hydrogens (primary N) is 1. The number of benzene rings is 2. The number of rotatable bonds is 4. The summed E-state index contributed by atoms with van der Waals surface area (Å²) in [6.45, 7) is 0. The number of primary amides is 1. The van der Waals surface area contributed by atoms with Crippen molar-refractivity contribution in [3.05, 3.63) is 67.9 Å². The van der Waals surface area contributed by atoms with Crippen molar-refractivity contribution in [2.24, 2.45) is 5.73 Å². The molecule has 0 saturated carbocycles. The highest BCUT2D eigenvalue weighted by Gasteiger charge is 2.25. The van der Waals surface area contributed by atoms with Gasteiger partial charge in [-0.3, -0.25) is 14.9 Å². The van der Waals surface area contributed by atoms with Crippen molar-refractivity contribution >= 4 is 57.4 Å². The van der Waals surface area contributed by atoms with Gasteiger partial charge in [-0.15, -0.1) is 0 Å². The molecule has 2 amide bonds. The highest BCUT2D eigenvalue weighted by molar-refractivity contribution is 6.37. The van der Waals surface area contributed by atoms with E-state index in [1.165, 1.54) is 30.3 Å². The molecule has 3 N–H and O–H groups in total. The van der Waals surface area contributed by atoms with Crippen molar-refractivity contribution in [3.8, 4) is 0 Å². The summed E-state index contributed by atoms with van der Waals surface area (Å²) in [4.78, 5) is 34.4. The van der Waals surface area contributed by atoms with E-state index < -0.39 is 16.7 Å². The van der Waals surface area contributed by atoms with Gasteiger partial charge in [-0.2, -0.15) is 0 Å². The predicted octanol–water partition coefficient (Wildman–Crippen LogP) is 4.37. The first-order valence-corrected chi connectivity index (χ1v) is 7.80. The van der Waals surface area contributed by atoms with Gasteiger partial charge in [-0.1, -0.05) is 23.2 Å². The van der Waals surface area contributed by atoms with E-state index in [1.54, 1.807) is 0 Å². The minimum Gasteiger partial charge on any atom is -0.450 e. The molecule has 3 rings (SSSR count). The Morgan fingerprint density at radius 1 is 1.15 bits per heavy atom. The number of anilines is 1. The van der Waals surface area contributed by atoms with Crippen LogP contribution in [0.25, 0.3) is 11.0 Å². The minimum atomic E-state index is -0.928. The number of fused-ring (bicyclic) bond motifs is 1. The van der Waals surface area contributed by atoms with Crippen LogP contribution in [0.2, 0.25) is 10.0 Å². The van der Waals surface area contributed by atoms with Gasteiger partial charge >= 0.3 is 6.03 Å². The summed E-state index contributed by atoms with van der Waals surface area (Å²) in [7, 11) is 0. The summed E-state index contributed by atoms with van der Waals surface area (Å²) in [5.41, 5.74) is 5.04. The molecule has 132 valence electrons. The molecule has 8 nitrogen and oxygen atoms in total. The Hall–Kier alpha value is -3.10. The van der Waals surface area contributed by atoms with E-state index in [9.17, 15) is 19.7 Å². The second kappa shape index (κ2) is 6.66. The van der Waals surface area contributed by atoms with Gasteiger partial charge < -0.3 is 15.5 Å². The number of nitro benzene ring substituents is 1. The van der Waals surface area contributed by atoms with E-state index in [2.05, 4.69) is 5.32 Å². The number of furan rings is 1. The maximum Gasteiger partial charge on any atom is 0.316 e. The summed E-state index contributed by atoms with van der Waals surface area (Å²) in [6, 6.07) is 7.02. The first-order valence-electron chi connectivity index (χ1n) is 7.05. The number of urea groups is 1. The average molecular weight is 394 g/mol. The zero-order valence-electron chi connectivity index (χ0n) is 12.8. The number of carbonyl (C=O) groups is 2. The number of ketones is 1. The number of hydrogen-bond donors (Lipinski definition) is 2. The second-order valence-corrected chi connectivity index (χ2v) is 6.03. The molecule has 3 aromatic rings. The molecule has 0 spiro atoms. The molecule has 0 bridgehead atoms. The molecule has 1 aromatic heterocycles. The molecule has 0 atom stereocenters. The minimum absolute atomic E-state index is 0.00147. The molecule has 0 aliphatic carbocycles. The maximum absolute atomic E-state index is 12.8. The van der Waals surface area contributed by atoms with Gasteiger partial charge in [0, 0.05) is 22.0 Å². The SMILES string of the molecule is NC(=O)Nc1c(C(=O)c2ccc(Cl)cc2Cl)oc2cc([N+](=O)[O-])ccc12. The van der Waals surface area contributed by atoms with Crippen LogP contribution < -0.4 is 11.1 Å². The van der Waals surface area contributed by atoms with Gasteiger partial charge in [-0.05, 0) is 24.3 Å². The van der Waals surface area contributed by atoms with Gasteiger partial charge in [-0.25, -0.2) is 4.79 Å². The number of halogens is 2. The van der Waals surface area contributed by atoms with Crippen LogP contribution in [0.3, 0.4) is 0 Å². The number of nitro groups is 1. The Balaban J connectivity index is 2.21. The first-order chi connectivity index (χ1) is 12.3. The molecular weight excluding hydrogens is 385 g/mol. The molecule has 0 aliphatic heterocycles. The van der Waals surface area contributed by atoms with Crippen LogP contribution >= 0.6 is 23.2 Å². The van der Waals surface area contributed by atoms with Crippen molar-refractivity contribution in [2.75, 3.05) is 5.32 Å². The van der Waals surface area contributed by atoms with E-state index in [0.29, 0.717) is 5.02 Å². The lowest BCUT2D eigenvalue weighted by Gasteiger charge is -2.05. The fourth-order valence-corrected chi connectivity index (χ4v) is 2.90. The summed E-state index contributed by atoms with van der Waals surface area (Å²) < 4.78 is 5.48. The number of amides is 2. The molecule has 0 unspecified atom stereocenters. The quantitative estimate of drug-likeness (QED) is 0.386. The highest BCUT2D eigenvalue weighted by atomic mass is 35.5. The third-order valence-electron chi connectivity index (χ3n) is 3.51. The Morgan fingerprint density at radius 3 is 2.50 bits per heavy atom. The van der Waals surface area contributed by atoms with Gasteiger partial charge in [0.05, 0.1) is 16.0 Å². The second-order valence-electron chi connectivity index (χ2n) is 5.19. The van der Waals surface area contributed by atoms with Crippen LogP contribution in [0.15, 0.2) is 40.8 Å². The summed E-state index contributed by atoms with van der Waals surface area (Å²) in [6.07, 6.45) is 0. The third-order valence-corrected chi connectivity index (χ3v) is 4.06. The van der Waals surface area contributed by atoms with Crippen molar-refractivity contribution < 1.29 is 18.9 Å². The van der Waals surface area contributed by atoms with Gasteiger partial charge in [0.2, 0.25) is 5.78 Å². The molecule has 0 aliphatic rings. The third kappa shape index (κ3) is 3.19. The van der Waals surface area contributed by atoms with E-state index in [0.717, 1.165) is 6.07 Å². The van der Waals surface area contributed by atoms with E-state index in [4.69, 9.17) is 33.4 Å². The highest BCUT2D eigenvalue weighted by Crippen LogP contribution is 2.35. The number of nitrogens with one attached hydrogen (secondary N) is 1. The maximum atomic E-state index is 12.8. The van der Waals surface area contributed by atoms with E-state index >= 15 is 0 Å². The Bertz CT molecular complexity index is 1080. The van der Waals surface area contributed by atoms with Crippen LogP contribution in [-0.4, -0.2) is 16.7 Å². The summed E-state index contributed by atoms with van der Waals surface area (Å²) in [5, 5.41) is 13.9. The molecule has 0 fully saturated rings. The zero-order chi connectivity index (χ0) is 19.0. The fourth-order valence-electron chi connectivity index (χ4n) is 2.40. The number of nitrogens with zero attached hydrogens (tertiary/aromatic N) is 1. The zero-order valence-corrected chi connectivity index (χ0v) is 14.3. The normalized spacial score (nSPS) is 10.7. The first kappa shape index (κ1) is 17.7. The topological polar surface area (TPSA) is 128 Å². The van der Waals surface area contributed by atoms with Gasteiger partial charge in [0.15, 0.2) is 5.76 Å². The molecule has 10 heteroatoms. The molecule has 26 heavy (non-hydrogen) atoms. The van der Waals surface area contributed by atoms with Crippen molar-refractivity contribution in [1.29, 1.82) is 0 Å². The van der Waals surface area contributed by atoms with Crippen LogP contribution in [0, 0.1) is 10.1 Å². The number of carbonyl (C=O) groups excluding carboxylic acids is 2. The monoisotopic (exact) mass is 393 g/mol. The Kier molecular flexibility index (Phi) is 4.54. The predicted molar refractivity (Wildman–Crippen MR) is 96.0 cm³/mol. The van der Waals surface area contributed by atoms with Crippen LogP contribution in [0.1, 0.15) is 16.1 Å². The Labute approximate surface area is 155 Å². The van der Waals surface area contributed by atoms with Crippen molar-refractivity contribution in [2.45, 2.75) is 0 Å². The lowest BCUT2D eigenvalue weighted by molar-refractivity contribution is -0.384. The van der Waals surface area contributed by atoms with Crippen molar-refractivity contribution in [3.63, 3.8) is 0 Å². The molecular formula is C16H9Cl2N3O5. The van der Waals surface area contributed by atoms with Crippen LogP contribution in [0.5, 0.6) is 0 Å². The lowest BCUT2D eigenvalue weighted by atomic mass is 10.1. The van der Waals surface area contributed by atoms with Crippen LogP contribution in [-0.2, 0) is 0 Å². The number of hydrogen-bond acceptors (Lipinski definition) is 5. The van der Waals surface area contributed by atoms with E-state index in [-0.39, 0.29) is 38.7 Å². The fraction of sp³-hybridized carbons (Fsp3) is 0. The molecule has 0 radical (unpaired) electrons. The van der Waals surface area contributed by atoms with Crippen molar-refractivity contribution in [1.82, 2.24) is 0 Å². The molecule has 0 saturated heterocycles. The average Bonchev–Trinajstić information content (AvgIpc) is 2.91. The van der Waals surface area contributed by atoms with Gasteiger partial charge in [0.25, 0.3) is 5.69 Å². The lowest BCUT2D eigenvalue weighted by Crippen LogP contribution is -2.20. The molecule has 2 aromatic carbocycles. The van der Waals surface area contributed by atoms with E-state index in [1.807, 2.05) is 0 Å².